The molecule has 0 amide bonds. The molecule has 1 N–H and O–H groups in total. The van der Waals surface area contributed by atoms with Crippen molar-refractivity contribution in [2.45, 2.75) is 19.8 Å². The highest BCUT2D eigenvalue weighted by molar-refractivity contribution is 6.33. The third-order valence-electron chi connectivity index (χ3n) is 3.31. The average molecular weight is 275 g/mol. The molecule has 0 saturated carbocycles. The normalized spacial score (nSPS) is 12.4. The van der Waals surface area contributed by atoms with E-state index < -0.39 is 0 Å². The second kappa shape index (κ2) is 6.58. The Morgan fingerprint density at radius 1 is 1.16 bits per heavy atom. The number of aromatic nitrogens is 1. The van der Waals surface area contributed by atoms with Gasteiger partial charge in [0.15, 0.2) is 0 Å². The Labute approximate surface area is 119 Å². The van der Waals surface area contributed by atoms with Crippen LogP contribution in [0.2, 0.25) is 5.02 Å². The number of rotatable bonds is 5. The fraction of sp³-hybridized carbons (Fsp3) is 0.312. The van der Waals surface area contributed by atoms with Gasteiger partial charge < -0.3 is 5.32 Å². The molecule has 0 aliphatic heterocycles. The van der Waals surface area contributed by atoms with Crippen molar-refractivity contribution >= 4 is 17.3 Å². The average Bonchev–Trinajstić information content (AvgIpc) is 2.42. The minimum absolute atomic E-state index is 0.456. The molecule has 0 aliphatic rings. The lowest BCUT2D eigenvalue weighted by Gasteiger charge is -2.22. The van der Waals surface area contributed by atoms with E-state index in [0.29, 0.717) is 16.9 Å². The largest absolute Gasteiger partial charge is 0.382 e. The van der Waals surface area contributed by atoms with E-state index in [1.165, 1.54) is 5.56 Å². The lowest BCUT2D eigenvalue weighted by atomic mass is 9.88. The smallest absolute Gasteiger partial charge is 0.0716 e. The third kappa shape index (κ3) is 3.71. The van der Waals surface area contributed by atoms with E-state index in [1.54, 1.807) is 18.5 Å². The molecular weight excluding hydrogens is 256 g/mol. The molecule has 0 saturated heterocycles. The van der Waals surface area contributed by atoms with Crippen molar-refractivity contribution in [2.24, 2.45) is 5.92 Å². The van der Waals surface area contributed by atoms with Gasteiger partial charge in [0, 0.05) is 18.7 Å². The van der Waals surface area contributed by atoms with E-state index in [2.05, 4.69) is 48.4 Å². The van der Waals surface area contributed by atoms with Gasteiger partial charge in [0.25, 0.3) is 0 Å². The number of benzene rings is 1. The predicted molar refractivity (Wildman–Crippen MR) is 81.8 cm³/mol. The number of anilines is 1. The Morgan fingerprint density at radius 3 is 2.53 bits per heavy atom. The molecule has 3 heteroatoms. The molecule has 19 heavy (non-hydrogen) atoms. The maximum atomic E-state index is 6.13. The first kappa shape index (κ1) is 13.9. The second-order valence-electron chi connectivity index (χ2n) is 5.00. The molecule has 1 atom stereocenters. The van der Waals surface area contributed by atoms with Crippen LogP contribution in [0, 0.1) is 5.92 Å². The van der Waals surface area contributed by atoms with Crippen molar-refractivity contribution in [2.75, 3.05) is 11.9 Å². The Bertz CT molecular complexity index is 511. The molecular formula is C16H19ClN2. The fourth-order valence-electron chi connectivity index (χ4n) is 2.17. The van der Waals surface area contributed by atoms with Crippen LogP contribution in [-0.4, -0.2) is 11.5 Å². The van der Waals surface area contributed by atoms with Crippen molar-refractivity contribution in [3.63, 3.8) is 0 Å². The SMILES string of the molecule is CC(C)C(CNc1cnccc1Cl)c1ccccc1. The summed E-state index contributed by atoms with van der Waals surface area (Å²) in [7, 11) is 0. The number of pyridine rings is 1. The highest BCUT2D eigenvalue weighted by Crippen LogP contribution is 2.26. The van der Waals surface area contributed by atoms with Gasteiger partial charge in [0.05, 0.1) is 16.9 Å². The van der Waals surface area contributed by atoms with E-state index in [0.717, 1.165) is 12.2 Å². The zero-order chi connectivity index (χ0) is 13.7. The molecule has 100 valence electrons. The van der Waals surface area contributed by atoms with Gasteiger partial charge >= 0.3 is 0 Å². The van der Waals surface area contributed by atoms with Gasteiger partial charge in [-0.25, -0.2) is 0 Å². The van der Waals surface area contributed by atoms with Gasteiger partial charge in [-0.15, -0.1) is 0 Å². The molecule has 2 nitrogen and oxygen atoms in total. The minimum atomic E-state index is 0.456. The van der Waals surface area contributed by atoms with Gasteiger partial charge in [-0.3, -0.25) is 4.98 Å². The highest BCUT2D eigenvalue weighted by Gasteiger charge is 2.15. The third-order valence-corrected chi connectivity index (χ3v) is 3.64. The van der Waals surface area contributed by atoms with E-state index in [1.807, 2.05) is 6.07 Å². The number of hydrogen-bond donors (Lipinski definition) is 1. The summed E-state index contributed by atoms with van der Waals surface area (Å²) in [4.78, 5) is 4.09. The molecule has 1 unspecified atom stereocenters. The van der Waals surface area contributed by atoms with Crippen LogP contribution in [0.25, 0.3) is 0 Å². The maximum absolute atomic E-state index is 6.13. The Hall–Kier alpha value is -1.54. The topological polar surface area (TPSA) is 24.9 Å². The van der Waals surface area contributed by atoms with Crippen LogP contribution in [0.15, 0.2) is 48.8 Å². The Balaban J connectivity index is 2.09. The van der Waals surface area contributed by atoms with Crippen LogP contribution in [0.1, 0.15) is 25.3 Å². The van der Waals surface area contributed by atoms with E-state index in [-0.39, 0.29) is 0 Å². The molecule has 0 bridgehead atoms. The van der Waals surface area contributed by atoms with Crippen molar-refractivity contribution in [1.29, 1.82) is 0 Å². The van der Waals surface area contributed by atoms with Crippen molar-refractivity contribution < 1.29 is 0 Å². The van der Waals surface area contributed by atoms with Crippen molar-refractivity contribution in [3.05, 3.63) is 59.4 Å². The summed E-state index contributed by atoms with van der Waals surface area (Å²) in [6.07, 6.45) is 3.47. The van der Waals surface area contributed by atoms with Crippen molar-refractivity contribution in [1.82, 2.24) is 4.98 Å². The van der Waals surface area contributed by atoms with Crippen LogP contribution in [0.3, 0.4) is 0 Å². The maximum Gasteiger partial charge on any atom is 0.0716 e. The fourth-order valence-corrected chi connectivity index (χ4v) is 2.34. The van der Waals surface area contributed by atoms with Crippen LogP contribution in [0.4, 0.5) is 5.69 Å². The Morgan fingerprint density at radius 2 is 1.89 bits per heavy atom. The summed E-state index contributed by atoms with van der Waals surface area (Å²) in [6, 6.07) is 12.4. The van der Waals surface area contributed by atoms with E-state index in [9.17, 15) is 0 Å². The molecule has 0 fully saturated rings. The van der Waals surface area contributed by atoms with Crippen LogP contribution >= 0.6 is 11.6 Å². The summed E-state index contributed by atoms with van der Waals surface area (Å²) < 4.78 is 0. The summed E-state index contributed by atoms with van der Waals surface area (Å²) in [5.41, 5.74) is 2.25. The first-order valence-corrected chi connectivity index (χ1v) is 6.94. The summed E-state index contributed by atoms with van der Waals surface area (Å²) >= 11 is 6.13. The van der Waals surface area contributed by atoms with Gasteiger partial charge in [0.1, 0.15) is 0 Å². The zero-order valence-corrected chi connectivity index (χ0v) is 12.1. The summed E-state index contributed by atoms with van der Waals surface area (Å²) in [6.45, 7) is 5.33. The van der Waals surface area contributed by atoms with Crippen LogP contribution in [0.5, 0.6) is 0 Å². The van der Waals surface area contributed by atoms with Gasteiger partial charge in [-0.1, -0.05) is 55.8 Å². The molecule has 1 aromatic carbocycles. The highest BCUT2D eigenvalue weighted by atomic mass is 35.5. The Kier molecular flexibility index (Phi) is 4.80. The second-order valence-corrected chi connectivity index (χ2v) is 5.40. The first-order valence-electron chi connectivity index (χ1n) is 6.57. The van der Waals surface area contributed by atoms with Crippen LogP contribution in [-0.2, 0) is 0 Å². The molecule has 2 rings (SSSR count). The van der Waals surface area contributed by atoms with E-state index in [4.69, 9.17) is 11.6 Å². The number of nitrogens with zero attached hydrogens (tertiary/aromatic N) is 1. The van der Waals surface area contributed by atoms with E-state index >= 15 is 0 Å². The molecule has 0 radical (unpaired) electrons. The predicted octanol–water partition coefficient (Wildman–Crippen LogP) is 4.59. The van der Waals surface area contributed by atoms with Gasteiger partial charge in [0.2, 0.25) is 0 Å². The lowest BCUT2D eigenvalue weighted by molar-refractivity contribution is 0.517. The number of hydrogen-bond acceptors (Lipinski definition) is 2. The molecule has 2 aromatic rings. The molecule has 1 aromatic heterocycles. The zero-order valence-electron chi connectivity index (χ0n) is 11.3. The summed E-state index contributed by atoms with van der Waals surface area (Å²) in [5, 5.41) is 4.11. The van der Waals surface area contributed by atoms with Gasteiger partial charge in [-0.2, -0.15) is 0 Å². The molecule has 1 heterocycles. The molecule has 0 spiro atoms. The number of nitrogens with one attached hydrogen (secondary N) is 1. The first-order chi connectivity index (χ1) is 9.18. The molecule has 0 aliphatic carbocycles. The van der Waals surface area contributed by atoms with Gasteiger partial charge in [-0.05, 0) is 17.5 Å². The summed E-state index contributed by atoms with van der Waals surface area (Å²) in [5.74, 6) is 1.02. The monoisotopic (exact) mass is 274 g/mol. The van der Waals surface area contributed by atoms with Crippen molar-refractivity contribution in [3.8, 4) is 0 Å². The minimum Gasteiger partial charge on any atom is -0.382 e. The quantitative estimate of drug-likeness (QED) is 0.863. The standard InChI is InChI=1S/C16H19ClN2/c1-12(2)14(13-6-4-3-5-7-13)10-19-16-11-18-9-8-15(16)17/h3-9,11-12,14,19H,10H2,1-2H3. The lowest BCUT2D eigenvalue weighted by Crippen LogP contribution is -2.18. The van der Waals surface area contributed by atoms with Crippen LogP contribution < -0.4 is 5.32 Å². The number of halogens is 1.